The number of nitrogens with two attached hydrogens (primary N) is 1. The molecule has 100 valence electrons. The summed E-state index contributed by atoms with van der Waals surface area (Å²) in [5.74, 6) is -6.66. The van der Waals surface area contributed by atoms with Crippen LogP contribution in [-0.4, -0.2) is 18.5 Å². The second kappa shape index (κ2) is 5.71. The van der Waals surface area contributed by atoms with Crippen LogP contribution in [-0.2, 0) is 9.53 Å². The third-order valence-corrected chi connectivity index (χ3v) is 2.72. The van der Waals surface area contributed by atoms with Crippen molar-refractivity contribution in [1.82, 2.24) is 0 Å². The normalized spacial score (nSPS) is 13.2. The summed E-state index contributed by atoms with van der Waals surface area (Å²) in [7, 11) is 0. The van der Waals surface area contributed by atoms with Crippen LogP contribution in [0.4, 0.5) is 13.2 Å². The summed E-state index contributed by atoms with van der Waals surface area (Å²) in [4.78, 5) is 11.1. The highest BCUT2D eigenvalue weighted by molar-refractivity contribution is 9.10. The summed E-state index contributed by atoms with van der Waals surface area (Å²) >= 11 is 3.02. The van der Waals surface area contributed by atoms with E-state index in [1.807, 2.05) is 0 Å². The molecule has 0 saturated carbocycles. The van der Waals surface area contributed by atoms with Gasteiger partial charge in [-0.25, -0.2) is 9.18 Å². The number of halogens is 4. The number of ether oxygens (including phenoxy) is 1. The number of hydrogen-bond donors (Lipinski definition) is 1. The molecule has 7 heteroatoms. The summed E-state index contributed by atoms with van der Waals surface area (Å²) in [5.41, 5.74) is 4.81. The van der Waals surface area contributed by atoms with E-state index >= 15 is 0 Å². The maximum Gasteiger partial charge on any atom is 0.379 e. The molecule has 0 radical (unpaired) electrons. The predicted octanol–water partition coefficient (Wildman–Crippen LogP) is 2.79. The third kappa shape index (κ3) is 3.02. The van der Waals surface area contributed by atoms with Gasteiger partial charge < -0.3 is 10.5 Å². The molecular formula is C11H11BrF3NO2. The first-order chi connectivity index (χ1) is 8.30. The van der Waals surface area contributed by atoms with Crippen molar-refractivity contribution < 1.29 is 22.7 Å². The topological polar surface area (TPSA) is 52.3 Å². The van der Waals surface area contributed by atoms with Gasteiger partial charge in [-0.1, -0.05) is 15.9 Å². The number of hydrogen-bond acceptors (Lipinski definition) is 3. The fourth-order valence-electron chi connectivity index (χ4n) is 1.30. The van der Waals surface area contributed by atoms with Gasteiger partial charge in [0.05, 0.1) is 6.61 Å². The van der Waals surface area contributed by atoms with E-state index in [-0.39, 0.29) is 6.61 Å². The van der Waals surface area contributed by atoms with Crippen molar-refractivity contribution in [1.29, 1.82) is 0 Å². The van der Waals surface area contributed by atoms with E-state index in [1.54, 1.807) is 0 Å². The Morgan fingerprint density at radius 2 is 2.17 bits per heavy atom. The fourth-order valence-corrected chi connectivity index (χ4v) is 1.68. The number of rotatable bonds is 4. The van der Waals surface area contributed by atoms with Crippen LogP contribution in [0.25, 0.3) is 0 Å². The number of carbonyl (C=O) groups is 1. The zero-order chi connectivity index (χ0) is 13.9. The van der Waals surface area contributed by atoms with Crippen molar-refractivity contribution in [2.75, 3.05) is 6.61 Å². The van der Waals surface area contributed by atoms with Gasteiger partial charge in [-0.3, -0.25) is 0 Å². The van der Waals surface area contributed by atoms with E-state index in [1.165, 1.54) is 13.0 Å². The standard InChI is InChI=1S/C11H11BrF3NO2/c1-2-18-10(17)11(14,15)9(16)7-5-6(12)3-4-8(7)13/h3-5,9H,2,16H2,1H3/t9-/m1/s1. The van der Waals surface area contributed by atoms with Gasteiger partial charge in [0, 0.05) is 10.0 Å². The molecule has 0 aromatic heterocycles. The number of alkyl halides is 2. The third-order valence-electron chi connectivity index (χ3n) is 2.23. The van der Waals surface area contributed by atoms with Gasteiger partial charge in [0.1, 0.15) is 11.9 Å². The van der Waals surface area contributed by atoms with E-state index in [2.05, 4.69) is 20.7 Å². The molecule has 1 aromatic carbocycles. The molecule has 0 aliphatic rings. The van der Waals surface area contributed by atoms with Crippen molar-refractivity contribution in [3.05, 3.63) is 34.1 Å². The van der Waals surface area contributed by atoms with Crippen molar-refractivity contribution >= 4 is 21.9 Å². The van der Waals surface area contributed by atoms with E-state index in [9.17, 15) is 18.0 Å². The van der Waals surface area contributed by atoms with Gasteiger partial charge in [0.15, 0.2) is 0 Å². The molecule has 0 saturated heterocycles. The summed E-state index contributed by atoms with van der Waals surface area (Å²) in [6.45, 7) is 1.18. The van der Waals surface area contributed by atoms with Crippen LogP contribution in [0.15, 0.2) is 22.7 Å². The smallest absolute Gasteiger partial charge is 0.379 e. The Labute approximate surface area is 110 Å². The zero-order valence-electron chi connectivity index (χ0n) is 9.42. The first kappa shape index (κ1) is 15.0. The SMILES string of the molecule is CCOC(=O)C(F)(F)[C@H](N)c1cc(Br)ccc1F. The van der Waals surface area contributed by atoms with Crippen LogP contribution < -0.4 is 5.73 Å². The van der Waals surface area contributed by atoms with Gasteiger partial charge in [-0.2, -0.15) is 8.78 Å². The van der Waals surface area contributed by atoms with E-state index < -0.39 is 29.3 Å². The van der Waals surface area contributed by atoms with E-state index in [0.29, 0.717) is 4.47 Å². The minimum Gasteiger partial charge on any atom is -0.462 e. The minimum atomic E-state index is -3.99. The van der Waals surface area contributed by atoms with Crippen LogP contribution >= 0.6 is 15.9 Å². The molecule has 18 heavy (non-hydrogen) atoms. The Kier molecular flexibility index (Phi) is 4.75. The average molecular weight is 326 g/mol. The molecule has 3 nitrogen and oxygen atoms in total. The molecule has 0 fully saturated rings. The van der Waals surface area contributed by atoms with E-state index in [4.69, 9.17) is 5.73 Å². The quantitative estimate of drug-likeness (QED) is 0.866. The lowest BCUT2D eigenvalue weighted by Crippen LogP contribution is -2.42. The molecule has 1 atom stereocenters. The maximum absolute atomic E-state index is 13.6. The molecule has 0 unspecified atom stereocenters. The van der Waals surface area contributed by atoms with Crippen LogP contribution in [0, 0.1) is 5.82 Å². The highest BCUT2D eigenvalue weighted by Crippen LogP contribution is 2.33. The summed E-state index contributed by atoms with van der Waals surface area (Å²) < 4.78 is 45.2. The van der Waals surface area contributed by atoms with Crippen LogP contribution in [0.2, 0.25) is 0 Å². The molecule has 2 N–H and O–H groups in total. The molecule has 0 heterocycles. The molecular weight excluding hydrogens is 315 g/mol. The maximum atomic E-state index is 13.6. The number of esters is 1. The summed E-state index contributed by atoms with van der Waals surface area (Å²) in [6.07, 6.45) is 0. The molecule has 1 rings (SSSR count). The lowest BCUT2D eigenvalue weighted by Gasteiger charge is -2.22. The number of carbonyl (C=O) groups excluding carboxylic acids is 1. The Bertz CT molecular complexity index is 454. The molecule has 0 aliphatic heterocycles. The lowest BCUT2D eigenvalue weighted by molar-refractivity contribution is -0.174. The highest BCUT2D eigenvalue weighted by Gasteiger charge is 2.48. The molecule has 0 spiro atoms. The fraction of sp³-hybridized carbons (Fsp3) is 0.364. The molecule has 1 aromatic rings. The van der Waals surface area contributed by atoms with Crippen molar-refractivity contribution in [3.63, 3.8) is 0 Å². The Hall–Kier alpha value is -1.08. The van der Waals surface area contributed by atoms with Crippen molar-refractivity contribution in [3.8, 4) is 0 Å². The van der Waals surface area contributed by atoms with E-state index in [0.717, 1.165) is 12.1 Å². The Balaban J connectivity index is 3.08. The largest absolute Gasteiger partial charge is 0.462 e. The highest BCUT2D eigenvalue weighted by atomic mass is 79.9. The first-order valence-electron chi connectivity index (χ1n) is 5.06. The van der Waals surface area contributed by atoms with Gasteiger partial charge in [-0.05, 0) is 25.1 Å². The Morgan fingerprint density at radius 3 is 2.72 bits per heavy atom. The average Bonchev–Trinajstić information content (AvgIpc) is 2.31. The van der Waals surface area contributed by atoms with Crippen LogP contribution in [0.1, 0.15) is 18.5 Å². The molecule has 0 amide bonds. The number of benzene rings is 1. The zero-order valence-corrected chi connectivity index (χ0v) is 11.0. The molecule has 0 bridgehead atoms. The van der Waals surface area contributed by atoms with Crippen LogP contribution in [0.5, 0.6) is 0 Å². The monoisotopic (exact) mass is 325 g/mol. The predicted molar refractivity (Wildman–Crippen MR) is 62.6 cm³/mol. The van der Waals surface area contributed by atoms with Gasteiger partial charge in [-0.15, -0.1) is 0 Å². The minimum absolute atomic E-state index is 0.206. The lowest BCUT2D eigenvalue weighted by atomic mass is 10.0. The van der Waals surface area contributed by atoms with Gasteiger partial charge in [0.25, 0.3) is 0 Å². The summed E-state index contributed by atoms with van der Waals surface area (Å²) in [6, 6.07) is 1.33. The van der Waals surface area contributed by atoms with Gasteiger partial charge >= 0.3 is 11.9 Å². The van der Waals surface area contributed by atoms with Gasteiger partial charge in [0.2, 0.25) is 0 Å². The van der Waals surface area contributed by atoms with Crippen LogP contribution in [0.3, 0.4) is 0 Å². The summed E-state index contributed by atoms with van der Waals surface area (Å²) in [5, 5.41) is 0. The van der Waals surface area contributed by atoms with Crippen molar-refractivity contribution in [2.24, 2.45) is 5.73 Å². The first-order valence-corrected chi connectivity index (χ1v) is 5.85. The molecule has 0 aliphatic carbocycles. The van der Waals surface area contributed by atoms with Crippen molar-refractivity contribution in [2.45, 2.75) is 18.9 Å². The second-order valence-corrected chi connectivity index (χ2v) is 4.40. The second-order valence-electron chi connectivity index (χ2n) is 3.49. The Morgan fingerprint density at radius 1 is 1.56 bits per heavy atom.